The summed E-state index contributed by atoms with van der Waals surface area (Å²) in [5.74, 6) is 0. The summed E-state index contributed by atoms with van der Waals surface area (Å²) in [5.41, 5.74) is 5.88. The normalized spacial score (nSPS) is 41.7. The quantitative estimate of drug-likeness (QED) is 0.600. The highest BCUT2D eigenvalue weighted by molar-refractivity contribution is 4.84. The predicted octanol–water partition coefficient (Wildman–Crippen LogP) is 1.29. The summed E-state index contributed by atoms with van der Waals surface area (Å²) in [6.45, 7) is 2.17. The summed E-state index contributed by atoms with van der Waals surface area (Å²) in [5, 5.41) is 0. The maximum atomic E-state index is 5.75. The number of hydrogen-bond donors (Lipinski definition) is 1. The van der Waals surface area contributed by atoms with Crippen LogP contribution in [-0.2, 0) is 4.74 Å². The fourth-order valence-corrected chi connectivity index (χ4v) is 1.45. The van der Waals surface area contributed by atoms with Crippen LogP contribution in [0.5, 0.6) is 0 Å². The second kappa shape index (κ2) is 2.89. The van der Waals surface area contributed by atoms with E-state index in [-0.39, 0.29) is 5.60 Å². The van der Waals surface area contributed by atoms with Gasteiger partial charge in [0.25, 0.3) is 0 Å². The molecule has 0 saturated heterocycles. The van der Waals surface area contributed by atoms with Crippen LogP contribution in [0.3, 0.4) is 0 Å². The van der Waals surface area contributed by atoms with Crippen molar-refractivity contribution in [3.8, 4) is 0 Å². The first-order valence-electron chi connectivity index (χ1n) is 3.97. The lowest BCUT2D eigenvalue weighted by atomic mass is 9.84. The molecule has 0 bridgehead atoms. The Morgan fingerprint density at radius 1 is 1.40 bits per heavy atom. The van der Waals surface area contributed by atoms with E-state index in [1.54, 1.807) is 7.11 Å². The van der Waals surface area contributed by atoms with Crippen molar-refractivity contribution >= 4 is 0 Å². The number of nitrogens with two attached hydrogens (primary N) is 1. The summed E-state index contributed by atoms with van der Waals surface area (Å²) < 4.78 is 5.37. The Labute approximate surface area is 62.7 Å². The molecule has 2 heteroatoms. The Morgan fingerprint density at radius 3 is 2.30 bits per heavy atom. The van der Waals surface area contributed by atoms with Gasteiger partial charge < -0.3 is 10.5 Å². The van der Waals surface area contributed by atoms with Gasteiger partial charge in [-0.1, -0.05) is 0 Å². The minimum Gasteiger partial charge on any atom is -0.379 e. The topological polar surface area (TPSA) is 35.2 Å². The lowest BCUT2D eigenvalue weighted by Crippen LogP contribution is -2.37. The zero-order chi connectivity index (χ0) is 7.61. The third-order valence-electron chi connectivity index (χ3n) is 2.58. The highest BCUT2D eigenvalue weighted by Crippen LogP contribution is 2.29. The van der Waals surface area contributed by atoms with E-state index in [0.717, 1.165) is 25.7 Å². The Hall–Kier alpha value is -0.0800. The number of ether oxygens (including phenoxy) is 1. The average molecular weight is 143 g/mol. The van der Waals surface area contributed by atoms with Crippen molar-refractivity contribution in [2.75, 3.05) is 7.11 Å². The van der Waals surface area contributed by atoms with Gasteiger partial charge in [0, 0.05) is 13.2 Å². The lowest BCUT2D eigenvalue weighted by Gasteiger charge is -2.34. The molecule has 0 aromatic carbocycles. The number of methoxy groups -OCH3 is 1. The first-order chi connectivity index (χ1) is 4.66. The molecule has 0 heterocycles. The van der Waals surface area contributed by atoms with Gasteiger partial charge in [-0.15, -0.1) is 0 Å². The van der Waals surface area contributed by atoms with Gasteiger partial charge in [-0.25, -0.2) is 0 Å². The molecule has 0 aliphatic heterocycles. The molecule has 2 nitrogen and oxygen atoms in total. The summed E-state index contributed by atoms with van der Waals surface area (Å²) in [4.78, 5) is 0. The highest BCUT2D eigenvalue weighted by Gasteiger charge is 2.28. The van der Waals surface area contributed by atoms with E-state index in [2.05, 4.69) is 6.92 Å². The van der Waals surface area contributed by atoms with Crippen LogP contribution in [-0.4, -0.2) is 18.8 Å². The van der Waals surface area contributed by atoms with Crippen LogP contribution in [0.15, 0.2) is 0 Å². The summed E-state index contributed by atoms with van der Waals surface area (Å²) in [6, 6.07) is 0.420. The van der Waals surface area contributed by atoms with Crippen LogP contribution in [0, 0.1) is 0 Å². The Bertz CT molecular complexity index is 106. The van der Waals surface area contributed by atoms with Crippen LogP contribution in [0.1, 0.15) is 32.6 Å². The molecular formula is C8H17NO. The molecule has 0 radical (unpaired) electrons. The van der Waals surface area contributed by atoms with Crippen LogP contribution >= 0.6 is 0 Å². The molecule has 0 unspecified atom stereocenters. The van der Waals surface area contributed by atoms with Gasteiger partial charge in [-0.05, 0) is 32.6 Å². The molecular weight excluding hydrogens is 126 g/mol. The van der Waals surface area contributed by atoms with E-state index in [1.807, 2.05) is 0 Å². The molecule has 10 heavy (non-hydrogen) atoms. The molecule has 0 amide bonds. The van der Waals surface area contributed by atoms with Gasteiger partial charge in [-0.3, -0.25) is 0 Å². The Morgan fingerprint density at radius 2 is 1.90 bits per heavy atom. The van der Waals surface area contributed by atoms with Crippen LogP contribution in [0.2, 0.25) is 0 Å². The van der Waals surface area contributed by atoms with E-state index < -0.39 is 0 Å². The summed E-state index contributed by atoms with van der Waals surface area (Å²) in [7, 11) is 1.79. The maximum Gasteiger partial charge on any atom is 0.0652 e. The van der Waals surface area contributed by atoms with Crippen LogP contribution < -0.4 is 5.73 Å². The van der Waals surface area contributed by atoms with Gasteiger partial charge >= 0.3 is 0 Å². The van der Waals surface area contributed by atoms with E-state index in [9.17, 15) is 0 Å². The van der Waals surface area contributed by atoms with Crippen molar-refractivity contribution in [1.82, 2.24) is 0 Å². The summed E-state index contributed by atoms with van der Waals surface area (Å²) >= 11 is 0. The SMILES string of the molecule is CO[C@]1(C)CC[C@H](N)CC1. The highest BCUT2D eigenvalue weighted by atomic mass is 16.5. The molecule has 1 aliphatic carbocycles. The van der Waals surface area contributed by atoms with Gasteiger partial charge in [0.15, 0.2) is 0 Å². The third-order valence-corrected chi connectivity index (χ3v) is 2.58. The largest absolute Gasteiger partial charge is 0.379 e. The first-order valence-corrected chi connectivity index (χ1v) is 3.97. The van der Waals surface area contributed by atoms with Crippen molar-refractivity contribution in [3.05, 3.63) is 0 Å². The molecule has 0 aromatic rings. The van der Waals surface area contributed by atoms with E-state index >= 15 is 0 Å². The summed E-state index contributed by atoms with van der Waals surface area (Å²) in [6.07, 6.45) is 4.46. The molecule has 0 spiro atoms. The van der Waals surface area contributed by atoms with Crippen molar-refractivity contribution in [2.45, 2.75) is 44.2 Å². The average Bonchev–Trinajstić information content (AvgIpc) is 1.96. The lowest BCUT2D eigenvalue weighted by molar-refractivity contribution is -0.0265. The fraction of sp³-hybridized carbons (Fsp3) is 1.00. The van der Waals surface area contributed by atoms with Gasteiger partial charge in [0.05, 0.1) is 5.60 Å². The molecule has 1 rings (SSSR count). The van der Waals surface area contributed by atoms with Gasteiger partial charge in [-0.2, -0.15) is 0 Å². The maximum absolute atomic E-state index is 5.75. The zero-order valence-corrected chi connectivity index (χ0v) is 6.89. The van der Waals surface area contributed by atoms with Crippen LogP contribution in [0.25, 0.3) is 0 Å². The zero-order valence-electron chi connectivity index (χ0n) is 6.89. The molecule has 1 saturated carbocycles. The smallest absolute Gasteiger partial charge is 0.0652 e. The second-order valence-electron chi connectivity index (χ2n) is 3.49. The standard InChI is InChI=1S/C8H17NO/c1-8(10-2)5-3-7(9)4-6-8/h7H,3-6,9H2,1-2H3/t7-,8+. The van der Waals surface area contributed by atoms with Crippen molar-refractivity contribution in [3.63, 3.8) is 0 Å². The minimum atomic E-state index is 0.121. The predicted molar refractivity (Wildman–Crippen MR) is 41.9 cm³/mol. The van der Waals surface area contributed by atoms with E-state index in [0.29, 0.717) is 6.04 Å². The second-order valence-corrected chi connectivity index (χ2v) is 3.49. The monoisotopic (exact) mass is 143 g/mol. The van der Waals surface area contributed by atoms with Crippen LogP contribution in [0.4, 0.5) is 0 Å². The first kappa shape index (κ1) is 8.02. The van der Waals surface area contributed by atoms with Gasteiger partial charge in [0.2, 0.25) is 0 Å². The number of hydrogen-bond acceptors (Lipinski definition) is 2. The van der Waals surface area contributed by atoms with Crippen molar-refractivity contribution in [1.29, 1.82) is 0 Å². The number of rotatable bonds is 1. The fourth-order valence-electron chi connectivity index (χ4n) is 1.45. The van der Waals surface area contributed by atoms with Gasteiger partial charge in [0.1, 0.15) is 0 Å². The minimum absolute atomic E-state index is 0.121. The molecule has 0 atom stereocenters. The van der Waals surface area contributed by atoms with Crippen molar-refractivity contribution in [2.24, 2.45) is 5.73 Å². The molecule has 60 valence electrons. The molecule has 1 aliphatic rings. The Balaban J connectivity index is 2.38. The van der Waals surface area contributed by atoms with E-state index in [4.69, 9.17) is 10.5 Å². The molecule has 0 aromatic heterocycles. The molecule has 2 N–H and O–H groups in total. The Kier molecular flexibility index (Phi) is 2.32. The van der Waals surface area contributed by atoms with E-state index in [1.165, 1.54) is 0 Å². The third kappa shape index (κ3) is 1.70. The molecule has 1 fully saturated rings. The van der Waals surface area contributed by atoms with Crippen molar-refractivity contribution < 1.29 is 4.74 Å².